The topological polar surface area (TPSA) is 49.3 Å². The number of aliphatic hydroxyl groups is 1. The van der Waals surface area contributed by atoms with Gasteiger partial charge in [-0.1, -0.05) is 11.8 Å². The number of benzene rings is 2. The molecular formula is C16H11F2NO2. The van der Waals surface area contributed by atoms with Crippen LogP contribution in [0.1, 0.15) is 15.9 Å². The minimum absolute atomic E-state index is 0.0419. The van der Waals surface area contributed by atoms with E-state index in [9.17, 15) is 13.6 Å². The van der Waals surface area contributed by atoms with Crippen LogP contribution in [0, 0.1) is 23.5 Å². The Morgan fingerprint density at radius 1 is 1.10 bits per heavy atom. The minimum atomic E-state index is -0.575. The van der Waals surface area contributed by atoms with E-state index >= 15 is 0 Å². The first-order valence-corrected chi connectivity index (χ1v) is 6.06. The quantitative estimate of drug-likeness (QED) is 0.834. The van der Waals surface area contributed by atoms with Gasteiger partial charge in [-0.2, -0.15) is 0 Å². The highest BCUT2D eigenvalue weighted by molar-refractivity contribution is 6.06. The fraction of sp³-hybridized carbons (Fsp3) is 0.0625. The first-order valence-electron chi connectivity index (χ1n) is 6.06. The molecule has 1 amide bonds. The van der Waals surface area contributed by atoms with Gasteiger partial charge in [-0.25, -0.2) is 8.78 Å². The van der Waals surface area contributed by atoms with Crippen molar-refractivity contribution < 1.29 is 18.7 Å². The van der Waals surface area contributed by atoms with Crippen molar-refractivity contribution >= 4 is 11.6 Å². The van der Waals surface area contributed by atoms with Gasteiger partial charge in [0, 0.05) is 11.3 Å². The molecule has 0 saturated carbocycles. The molecule has 0 spiro atoms. The molecule has 2 N–H and O–H groups in total. The van der Waals surface area contributed by atoms with Crippen molar-refractivity contribution in [3.05, 3.63) is 65.2 Å². The molecule has 0 heterocycles. The van der Waals surface area contributed by atoms with Crippen LogP contribution >= 0.6 is 0 Å². The molecule has 2 aromatic carbocycles. The van der Waals surface area contributed by atoms with Gasteiger partial charge < -0.3 is 10.4 Å². The van der Waals surface area contributed by atoms with E-state index in [1.165, 1.54) is 36.4 Å². The molecule has 0 unspecified atom stereocenters. The van der Waals surface area contributed by atoms with Crippen molar-refractivity contribution in [3.63, 3.8) is 0 Å². The van der Waals surface area contributed by atoms with Crippen LogP contribution in [-0.2, 0) is 0 Å². The summed E-state index contributed by atoms with van der Waals surface area (Å²) < 4.78 is 26.1. The average molecular weight is 287 g/mol. The van der Waals surface area contributed by atoms with E-state index in [-0.39, 0.29) is 12.2 Å². The molecule has 2 rings (SSSR count). The van der Waals surface area contributed by atoms with Gasteiger partial charge in [0.15, 0.2) is 0 Å². The summed E-state index contributed by atoms with van der Waals surface area (Å²) in [6, 6.07) is 8.78. The minimum Gasteiger partial charge on any atom is -0.384 e. The zero-order valence-corrected chi connectivity index (χ0v) is 10.9. The number of hydrogen-bond acceptors (Lipinski definition) is 2. The molecule has 0 aromatic heterocycles. The number of amides is 1. The molecule has 0 radical (unpaired) electrons. The van der Waals surface area contributed by atoms with E-state index in [0.29, 0.717) is 11.3 Å². The molecule has 106 valence electrons. The standard InChI is InChI=1S/C16H11F2NO2/c17-12-5-7-14(8-6-12)19-16(21)15-10-13(18)4-3-11(15)2-1-9-20/h3-8,10,20H,9H2,(H,19,21). The van der Waals surface area contributed by atoms with E-state index in [0.717, 1.165) is 6.07 Å². The highest BCUT2D eigenvalue weighted by atomic mass is 19.1. The second-order valence-corrected chi connectivity index (χ2v) is 4.11. The molecule has 0 bridgehead atoms. The average Bonchev–Trinajstić information content (AvgIpc) is 2.48. The first-order chi connectivity index (χ1) is 10.1. The maximum Gasteiger partial charge on any atom is 0.257 e. The molecule has 5 heteroatoms. The van der Waals surface area contributed by atoms with Crippen molar-refractivity contribution in [1.82, 2.24) is 0 Å². The molecule has 0 aliphatic rings. The van der Waals surface area contributed by atoms with Crippen molar-refractivity contribution in [3.8, 4) is 11.8 Å². The second kappa shape index (κ2) is 6.64. The van der Waals surface area contributed by atoms with Gasteiger partial charge in [0.05, 0.1) is 5.56 Å². The number of carbonyl (C=O) groups is 1. The summed E-state index contributed by atoms with van der Waals surface area (Å²) in [7, 11) is 0. The van der Waals surface area contributed by atoms with Gasteiger partial charge in [0.25, 0.3) is 5.91 Å². The highest BCUT2D eigenvalue weighted by Crippen LogP contribution is 2.14. The molecule has 21 heavy (non-hydrogen) atoms. The van der Waals surface area contributed by atoms with Crippen molar-refractivity contribution in [2.75, 3.05) is 11.9 Å². The molecule has 3 nitrogen and oxygen atoms in total. The highest BCUT2D eigenvalue weighted by Gasteiger charge is 2.12. The van der Waals surface area contributed by atoms with Crippen LogP contribution < -0.4 is 5.32 Å². The van der Waals surface area contributed by atoms with Gasteiger partial charge in [-0.3, -0.25) is 4.79 Å². The Labute approximate surface area is 120 Å². The third-order valence-corrected chi connectivity index (χ3v) is 2.63. The maximum absolute atomic E-state index is 13.3. The third kappa shape index (κ3) is 3.88. The van der Waals surface area contributed by atoms with Crippen molar-refractivity contribution in [2.24, 2.45) is 0 Å². The van der Waals surface area contributed by atoms with Crippen LogP contribution in [0.25, 0.3) is 0 Å². The Bertz CT molecular complexity index is 715. The lowest BCUT2D eigenvalue weighted by Crippen LogP contribution is -2.14. The first kappa shape index (κ1) is 14.7. The van der Waals surface area contributed by atoms with Gasteiger partial charge in [0.2, 0.25) is 0 Å². The van der Waals surface area contributed by atoms with Gasteiger partial charge in [-0.15, -0.1) is 0 Å². The Balaban J connectivity index is 2.29. The Morgan fingerprint density at radius 2 is 1.76 bits per heavy atom. The van der Waals surface area contributed by atoms with Crippen LogP contribution in [0.4, 0.5) is 14.5 Å². The number of halogens is 2. The zero-order valence-electron chi connectivity index (χ0n) is 10.9. The van der Waals surface area contributed by atoms with E-state index in [1.54, 1.807) is 0 Å². The largest absolute Gasteiger partial charge is 0.384 e. The molecule has 0 atom stereocenters. The van der Waals surface area contributed by atoms with Crippen molar-refractivity contribution in [1.29, 1.82) is 0 Å². The van der Waals surface area contributed by atoms with Gasteiger partial charge >= 0.3 is 0 Å². The number of aliphatic hydroxyl groups excluding tert-OH is 1. The predicted octanol–water partition coefficient (Wildman–Crippen LogP) is 2.56. The van der Waals surface area contributed by atoms with E-state index in [2.05, 4.69) is 17.2 Å². The lowest BCUT2D eigenvalue weighted by Gasteiger charge is -2.07. The Hall–Kier alpha value is -2.71. The summed E-state index contributed by atoms with van der Waals surface area (Å²) in [6.07, 6.45) is 0. The number of nitrogens with one attached hydrogen (secondary N) is 1. The molecule has 0 fully saturated rings. The maximum atomic E-state index is 13.3. The lowest BCUT2D eigenvalue weighted by atomic mass is 10.1. The SMILES string of the molecule is O=C(Nc1ccc(F)cc1)c1cc(F)ccc1C#CCO. The molecular weight excluding hydrogens is 276 g/mol. The fourth-order valence-electron chi connectivity index (χ4n) is 1.68. The van der Waals surface area contributed by atoms with Crippen molar-refractivity contribution in [2.45, 2.75) is 0 Å². The molecule has 0 aliphatic heterocycles. The van der Waals surface area contributed by atoms with Crippen LogP contribution in [0.5, 0.6) is 0 Å². The van der Waals surface area contributed by atoms with Crippen LogP contribution in [0.3, 0.4) is 0 Å². The summed E-state index contributed by atoms with van der Waals surface area (Å²) in [5, 5.41) is 11.2. The molecule has 0 aliphatic carbocycles. The monoisotopic (exact) mass is 287 g/mol. The zero-order chi connectivity index (χ0) is 15.2. The van der Waals surface area contributed by atoms with Crippen LogP contribution in [0.15, 0.2) is 42.5 Å². The smallest absolute Gasteiger partial charge is 0.257 e. The lowest BCUT2D eigenvalue weighted by molar-refractivity contribution is 0.102. The summed E-state index contributed by atoms with van der Waals surface area (Å²) in [5.74, 6) is 3.42. The number of carbonyl (C=O) groups excluding carboxylic acids is 1. The molecule has 2 aromatic rings. The van der Waals surface area contributed by atoms with Crippen LogP contribution in [-0.4, -0.2) is 17.6 Å². The van der Waals surface area contributed by atoms with E-state index < -0.39 is 17.5 Å². The van der Waals surface area contributed by atoms with E-state index in [4.69, 9.17) is 5.11 Å². The normalized spacial score (nSPS) is 9.67. The number of anilines is 1. The summed E-state index contributed by atoms with van der Waals surface area (Å²) >= 11 is 0. The predicted molar refractivity (Wildman–Crippen MR) is 74.7 cm³/mol. The third-order valence-electron chi connectivity index (χ3n) is 2.63. The van der Waals surface area contributed by atoms with E-state index in [1.807, 2.05) is 0 Å². The summed E-state index contributed by atoms with van der Waals surface area (Å²) in [6.45, 7) is -0.365. The Kier molecular flexibility index (Phi) is 4.64. The summed E-state index contributed by atoms with van der Waals surface area (Å²) in [4.78, 5) is 12.1. The molecule has 0 saturated heterocycles. The van der Waals surface area contributed by atoms with Gasteiger partial charge in [0.1, 0.15) is 18.2 Å². The van der Waals surface area contributed by atoms with Crippen LogP contribution in [0.2, 0.25) is 0 Å². The fourth-order valence-corrected chi connectivity index (χ4v) is 1.68. The number of rotatable bonds is 2. The van der Waals surface area contributed by atoms with Gasteiger partial charge in [-0.05, 0) is 42.5 Å². The second-order valence-electron chi connectivity index (χ2n) is 4.11. The summed E-state index contributed by atoms with van der Waals surface area (Å²) in [5.41, 5.74) is 0.720. The Morgan fingerprint density at radius 3 is 2.43 bits per heavy atom. The number of hydrogen-bond donors (Lipinski definition) is 2.